The zero-order valence-corrected chi connectivity index (χ0v) is 15.2. The van der Waals surface area contributed by atoms with Crippen LogP contribution < -0.4 is 5.32 Å². The normalized spacial score (nSPS) is 16.9. The average Bonchev–Trinajstić information content (AvgIpc) is 3.19. The Morgan fingerprint density at radius 1 is 1.42 bits per heavy atom. The Kier molecular flexibility index (Phi) is 6.66. The molecule has 24 heavy (non-hydrogen) atoms. The smallest absolute Gasteiger partial charge is 0.257 e. The number of amides is 1. The van der Waals surface area contributed by atoms with E-state index < -0.39 is 0 Å². The van der Waals surface area contributed by atoms with E-state index in [1.807, 2.05) is 36.2 Å². The van der Waals surface area contributed by atoms with Crippen LogP contribution in [0.15, 0.2) is 36.7 Å². The summed E-state index contributed by atoms with van der Waals surface area (Å²) in [7, 11) is 1.92. The standard InChI is InChI=1S/C17H21ClN4O.ClH/c1-19-10-15-6-4-8-22(15)17(23)14-9-20-21(12-14)11-13-5-2-3-7-16(13)18;/h2-3,5,7,9,12,15,19H,4,6,8,10-11H2,1H3;1H. The number of carbonyl (C=O) groups is 1. The predicted molar refractivity (Wildman–Crippen MR) is 98.0 cm³/mol. The number of rotatable bonds is 5. The number of nitrogens with zero attached hydrogens (tertiary/aromatic N) is 3. The fourth-order valence-electron chi connectivity index (χ4n) is 3.08. The van der Waals surface area contributed by atoms with Crippen LogP contribution >= 0.6 is 24.0 Å². The Morgan fingerprint density at radius 3 is 2.96 bits per heavy atom. The summed E-state index contributed by atoms with van der Waals surface area (Å²) in [5.41, 5.74) is 1.63. The molecule has 1 fully saturated rings. The molecule has 1 N–H and O–H groups in total. The number of hydrogen-bond donors (Lipinski definition) is 1. The predicted octanol–water partition coefficient (Wildman–Crippen LogP) is 2.83. The van der Waals surface area contributed by atoms with Gasteiger partial charge in [0.2, 0.25) is 0 Å². The molecule has 2 aromatic rings. The first-order valence-electron chi connectivity index (χ1n) is 7.90. The molecule has 1 saturated heterocycles. The second kappa shape index (κ2) is 8.51. The molecule has 1 aromatic carbocycles. The van der Waals surface area contributed by atoms with Gasteiger partial charge in [0.05, 0.1) is 18.3 Å². The third-order valence-corrected chi connectivity index (χ3v) is 4.62. The van der Waals surface area contributed by atoms with Crippen molar-refractivity contribution in [2.24, 2.45) is 0 Å². The highest BCUT2D eigenvalue weighted by Gasteiger charge is 2.29. The summed E-state index contributed by atoms with van der Waals surface area (Å²) < 4.78 is 1.76. The van der Waals surface area contributed by atoms with Gasteiger partial charge in [0, 0.05) is 30.4 Å². The summed E-state index contributed by atoms with van der Waals surface area (Å²) in [6, 6.07) is 7.95. The van der Waals surface area contributed by atoms with Crippen molar-refractivity contribution in [3.05, 3.63) is 52.8 Å². The Bertz CT molecular complexity index is 689. The fraction of sp³-hybridized carbons (Fsp3) is 0.412. The zero-order valence-electron chi connectivity index (χ0n) is 13.6. The van der Waals surface area contributed by atoms with Crippen LogP contribution in [0.1, 0.15) is 28.8 Å². The minimum Gasteiger partial charge on any atom is -0.334 e. The molecule has 0 aliphatic carbocycles. The summed E-state index contributed by atoms with van der Waals surface area (Å²) in [6.45, 7) is 2.22. The fourth-order valence-corrected chi connectivity index (χ4v) is 3.27. The second-order valence-electron chi connectivity index (χ2n) is 5.87. The van der Waals surface area contributed by atoms with Crippen LogP contribution in [0.5, 0.6) is 0 Å². The van der Waals surface area contributed by atoms with Crippen LogP contribution in [0.2, 0.25) is 5.02 Å². The Balaban J connectivity index is 0.00000208. The molecule has 1 aliphatic heterocycles. The van der Waals surface area contributed by atoms with Crippen molar-refractivity contribution in [3.8, 4) is 0 Å². The minimum atomic E-state index is 0. The van der Waals surface area contributed by atoms with Gasteiger partial charge in [-0.1, -0.05) is 29.8 Å². The summed E-state index contributed by atoms with van der Waals surface area (Å²) >= 11 is 6.18. The van der Waals surface area contributed by atoms with Crippen LogP contribution in [0.25, 0.3) is 0 Å². The third-order valence-electron chi connectivity index (χ3n) is 4.25. The van der Waals surface area contributed by atoms with Gasteiger partial charge in [-0.25, -0.2) is 0 Å². The maximum Gasteiger partial charge on any atom is 0.257 e. The molecule has 0 radical (unpaired) electrons. The van der Waals surface area contributed by atoms with E-state index in [4.69, 9.17) is 11.6 Å². The van der Waals surface area contributed by atoms with E-state index in [9.17, 15) is 4.79 Å². The van der Waals surface area contributed by atoms with Gasteiger partial charge in [0.15, 0.2) is 0 Å². The largest absolute Gasteiger partial charge is 0.334 e. The van der Waals surface area contributed by atoms with Crippen molar-refractivity contribution >= 4 is 29.9 Å². The molecule has 1 aromatic heterocycles. The molecule has 1 aliphatic rings. The van der Waals surface area contributed by atoms with E-state index in [-0.39, 0.29) is 24.4 Å². The van der Waals surface area contributed by atoms with Gasteiger partial charge in [-0.2, -0.15) is 5.10 Å². The number of likely N-dealkylation sites (tertiary alicyclic amines) is 1. The van der Waals surface area contributed by atoms with Crippen molar-refractivity contribution in [2.75, 3.05) is 20.1 Å². The van der Waals surface area contributed by atoms with Crippen LogP contribution in [-0.4, -0.2) is 46.8 Å². The Labute approximate surface area is 153 Å². The molecular formula is C17H22Cl2N4O. The van der Waals surface area contributed by atoms with Crippen molar-refractivity contribution in [2.45, 2.75) is 25.4 Å². The van der Waals surface area contributed by atoms with Gasteiger partial charge in [-0.3, -0.25) is 9.48 Å². The van der Waals surface area contributed by atoms with Crippen molar-refractivity contribution < 1.29 is 4.79 Å². The second-order valence-corrected chi connectivity index (χ2v) is 6.28. The van der Waals surface area contributed by atoms with E-state index in [1.165, 1.54) is 0 Å². The lowest BCUT2D eigenvalue weighted by Crippen LogP contribution is -2.40. The van der Waals surface area contributed by atoms with Gasteiger partial charge in [0.25, 0.3) is 5.91 Å². The van der Waals surface area contributed by atoms with Crippen LogP contribution in [0.4, 0.5) is 0 Å². The molecule has 0 saturated carbocycles. The lowest BCUT2D eigenvalue weighted by molar-refractivity contribution is 0.0737. The third kappa shape index (κ3) is 4.09. The van der Waals surface area contributed by atoms with E-state index in [0.29, 0.717) is 17.1 Å². The van der Waals surface area contributed by atoms with Gasteiger partial charge >= 0.3 is 0 Å². The van der Waals surface area contributed by atoms with Crippen molar-refractivity contribution in [3.63, 3.8) is 0 Å². The number of benzene rings is 1. The van der Waals surface area contributed by atoms with E-state index in [0.717, 1.165) is 31.5 Å². The number of likely N-dealkylation sites (N-methyl/N-ethyl adjacent to an activating group) is 1. The van der Waals surface area contributed by atoms with E-state index in [2.05, 4.69) is 10.4 Å². The SMILES string of the molecule is CNCC1CCCN1C(=O)c1cnn(Cc2ccccc2Cl)c1.Cl. The topological polar surface area (TPSA) is 50.2 Å². The summed E-state index contributed by atoms with van der Waals surface area (Å²) in [5.74, 6) is 0.0631. The molecule has 2 heterocycles. The first kappa shape index (κ1) is 18.8. The molecule has 0 bridgehead atoms. The Morgan fingerprint density at radius 2 is 2.21 bits per heavy atom. The molecule has 1 atom stereocenters. The highest BCUT2D eigenvalue weighted by Crippen LogP contribution is 2.20. The first-order chi connectivity index (χ1) is 11.2. The molecule has 1 unspecified atom stereocenters. The van der Waals surface area contributed by atoms with E-state index in [1.54, 1.807) is 17.1 Å². The number of aromatic nitrogens is 2. The zero-order chi connectivity index (χ0) is 16.2. The lowest BCUT2D eigenvalue weighted by atomic mass is 10.2. The molecule has 130 valence electrons. The van der Waals surface area contributed by atoms with Gasteiger partial charge < -0.3 is 10.2 Å². The average molecular weight is 369 g/mol. The van der Waals surface area contributed by atoms with Gasteiger partial charge in [0.1, 0.15) is 0 Å². The van der Waals surface area contributed by atoms with Crippen LogP contribution in [-0.2, 0) is 6.54 Å². The molecule has 0 spiro atoms. The van der Waals surface area contributed by atoms with Gasteiger partial charge in [-0.15, -0.1) is 12.4 Å². The number of halogens is 2. The summed E-state index contributed by atoms with van der Waals surface area (Å²) in [6.07, 6.45) is 5.57. The number of nitrogens with one attached hydrogen (secondary N) is 1. The van der Waals surface area contributed by atoms with Crippen LogP contribution in [0, 0.1) is 0 Å². The number of carbonyl (C=O) groups excluding carboxylic acids is 1. The maximum absolute atomic E-state index is 12.7. The van der Waals surface area contributed by atoms with Gasteiger partial charge in [-0.05, 0) is 31.5 Å². The molecule has 1 amide bonds. The minimum absolute atomic E-state index is 0. The quantitative estimate of drug-likeness (QED) is 0.882. The van der Waals surface area contributed by atoms with E-state index >= 15 is 0 Å². The molecule has 5 nitrogen and oxygen atoms in total. The molecular weight excluding hydrogens is 347 g/mol. The summed E-state index contributed by atoms with van der Waals surface area (Å²) in [5, 5.41) is 8.18. The first-order valence-corrected chi connectivity index (χ1v) is 8.28. The lowest BCUT2D eigenvalue weighted by Gasteiger charge is -2.23. The highest BCUT2D eigenvalue weighted by molar-refractivity contribution is 6.31. The summed E-state index contributed by atoms with van der Waals surface area (Å²) in [4.78, 5) is 14.6. The highest BCUT2D eigenvalue weighted by atomic mass is 35.5. The number of hydrogen-bond acceptors (Lipinski definition) is 3. The van der Waals surface area contributed by atoms with Crippen molar-refractivity contribution in [1.29, 1.82) is 0 Å². The van der Waals surface area contributed by atoms with Crippen molar-refractivity contribution in [1.82, 2.24) is 20.0 Å². The maximum atomic E-state index is 12.7. The Hall–Kier alpha value is -1.56. The molecule has 7 heteroatoms. The molecule has 3 rings (SSSR count). The van der Waals surface area contributed by atoms with Crippen LogP contribution in [0.3, 0.4) is 0 Å². The monoisotopic (exact) mass is 368 g/mol.